The van der Waals surface area contributed by atoms with Gasteiger partial charge in [-0.2, -0.15) is 5.26 Å². The Kier molecular flexibility index (Phi) is 5.97. The zero-order valence-electron chi connectivity index (χ0n) is 18.9. The summed E-state index contributed by atoms with van der Waals surface area (Å²) in [6.45, 7) is 0.633. The Morgan fingerprint density at radius 2 is 1.94 bits per heavy atom. The first-order chi connectivity index (χ1) is 16.9. The summed E-state index contributed by atoms with van der Waals surface area (Å²) in [6, 6.07) is 19.4. The van der Waals surface area contributed by atoms with Crippen molar-refractivity contribution in [2.75, 3.05) is 16.2 Å². The van der Waals surface area contributed by atoms with Gasteiger partial charge in [0.15, 0.2) is 0 Å². The van der Waals surface area contributed by atoms with Crippen LogP contribution in [-0.4, -0.2) is 30.8 Å². The molecule has 35 heavy (non-hydrogen) atoms. The summed E-state index contributed by atoms with van der Waals surface area (Å²) in [4.78, 5) is 22.0. The molecule has 0 spiro atoms. The minimum Gasteiger partial charge on any atom is -0.345 e. The van der Waals surface area contributed by atoms with Gasteiger partial charge in [0.25, 0.3) is 10.0 Å². The molecule has 2 heterocycles. The molecule has 0 saturated carbocycles. The van der Waals surface area contributed by atoms with Gasteiger partial charge in [0.05, 0.1) is 33.9 Å². The standard InChI is InChI=1S/C26H23N5O3S/c27-16-19-5-3-18(4-6-19)7-12-26(32)31-13-1-2-20-14-21(8-11-25(20)31)30-35(33,34)22-9-10-23-24(15-22)29-17-28-23/h3-6,8-11,14-15,17,30H,1-2,7,12-13H2,(H,28,29). The molecule has 0 bridgehead atoms. The minimum absolute atomic E-state index is 0.0245. The number of nitrogens with zero attached hydrogens (tertiary/aromatic N) is 3. The molecule has 8 nitrogen and oxygen atoms in total. The maximum atomic E-state index is 13.0. The molecule has 9 heteroatoms. The third-order valence-electron chi connectivity index (χ3n) is 6.16. The molecule has 0 saturated heterocycles. The minimum atomic E-state index is -3.78. The van der Waals surface area contributed by atoms with Gasteiger partial charge in [0.1, 0.15) is 0 Å². The number of carbonyl (C=O) groups is 1. The molecule has 5 rings (SSSR count). The van der Waals surface area contributed by atoms with Crippen molar-refractivity contribution in [2.45, 2.75) is 30.6 Å². The van der Waals surface area contributed by atoms with E-state index < -0.39 is 10.0 Å². The number of imidazole rings is 1. The van der Waals surface area contributed by atoms with E-state index in [4.69, 9.17) is 5.26 Å². The maximum Gasteiger partial charge on any atom is 0.261 e. The molecule has 1 aliphatic heterocycles. The third-order valence-corrected chi connectivity index (χ3v) is 7.54. The number of nitriles is 1. The van der Waals surface area contributed by atoms with E-state index in [9.17, 15) is 13.2 Å². The summed E-state index contributed by atoms with van der Waals surface area (Å²) in [5.74, 6) is 0.0245. The zero-order chi connectivity index (χ0) is 24.4. The number of aryl methyl sites for hydroxylation is 2. The van der Waals surface area contributed by atoms with Crippen molar-refractivity contribution in [1.82, 2.24) is 9.97 Å². The fourth-order valence-corrected chi connectivity index (χ4v) is 5.42. The highest BCUT2D eigenvalue weighted by atomic mass is 32.2. The third kappa shape index (κ3) is 4.74. The van der Waals surface area contributed by atoms with Gasteiger partial charge in [-0.3, -0.25) is 9.52 Å². The van der Waals surface area contributed by atoms with Crippen molar-refractivity contribution in [3.8, 4) is 6.07 Å². The van der Waals surface area contributed by atoms with Gasteiger partial charge in [-0.05, 0) is 78.9 Å². The highest BCUT2D eigenvalue weighted by Gasteiger charge is 2.23. The molecule has 0 aliphatic carbocycles. The number of hydrogen-bond donors (Lipinski definition) is 2. The summed E-state index contributed by atoms with van der Waals surface area (Å²) in [5.41, 5.74) is 5.16. The van der Waals surface area contributed by atoms with Crippen molar-refractivity contribution in [1.29, 1.82) is 5.26 Å². The second kappa shape index (κ2) is 9.24. The van der Waals surface area contributed by atoms with E-state index in [-0.39, 0.29) is 10.8 Å². The number of H-pyrrole nitrogens is 1. The van der Waals surface area contributed by atoms with Crippen molar-refractivity contribution in [2.24, 2.45) is 0 Å². The predicted molar refractivity (Wildman–Crippen MR) is 133 cm³/mol. The molecule has 1 aliphatic rings. The quantitative estimate of drug-likeness (QED) is 0.425. The zero-order valence-corrected chi connectivity index (χ0v) is 19.7. The van der Waals surface area contributed by atoms with Gasteiger partial charge in [-0.15, -0.1) is 0 Å². The van der Waals surface area contributed by atoms with E-state index in [1.807, 2.05) is 24.3 Å². The molecule has 4 aromatic rings. The SMILES string of the molecule is N#Cc1ccc(CCC(=O)N2CCCc3cc(NS(=O)(=O)c4ccc5nc[nH]c5c4)ccc32)cc1. The van der Waals surface area contributed by atoms with Crippen molar-refractivity contribution in [3.05, 3.63) is 83.7 Å². The van der Waals surface area contributed by atoms with E-state index in [0.717, 1.165) is 29.7 Å². The number of sulfonamides is 1. The van der Waals surface area contributed by atoms with Crippen LogP contribution in [0.15, 0.2) is 71.9 Å². The second-order valence-corrected chi connectivity index (χ2v) is 10.2. The van der Waals surface area contributed by atoms with Crippen LogP contribution < -0.4 is 9.62 Å². The number of carbonyl (C=O) groups excluding carboxylic acids is 1. The number of benzene rings is 3. The lowest BCUT2D eigenvalue weighted by molar-refractivity contribution is -0.118. The van der Waals surface area contributed by atoms with Gasteiger partial charge in [0, 0.05) is 24.3 Å². The number of aromatic amines is 1. The van der Waals surface area contributed by atoms with Crippen LogP contribution in [0.3, 0.4) is 0 Å². The summed E-state index contributed by atoms with van der Waals surface area (Å²) in [5, 5.41) is 8.93. The average Bonchev–Trinajstić information content (AvgIpc) is 3.35. The van der Waals surface area contributed by atoms with Gasteiger partial charge >= 0.3 is 0 Å². The Balaban J connectivity index is 1.30. The fraction of sp³-hybridized carbons (Fsp3) is 0.192. The van der Waals surface area contributed by atoms with Gasteiger partial charge in [-0.1, -0.05) is 12.1 Å². The molecule has 176 valence electrons. The van der Waals surface area contributed by atoms with E-state index >= 15 is 0 Å². The molecule has 0 unspecified atom stereocenters. The summed E-state index contributed by atoms with van der Waals surface area (Å²) in [7, 11) is -3.78. The largest absolute Gasteiger partial charge is 0.345 e. The Bertz CT molecular complexity index is 1550. The number of amides is 1. The lowest BCUT2D eigenvalue weighted by Gasteiger charge is -2.30. The predicted octanol–water partition coefficient (Wildman–Crippen LogP) is 4.15. The van der Waals surface area contributed by atoms with Crippen LogP contribution in [0.2, 0.25) is 0 Å². The Morgan fingerprint density at radius 3 is 2.74 bits per heavy atom. The summed E-state index contributed by atoms with van der Waals surface area (Å²) < 4.78 is 28.5. The van der Waals surface area contributed by atoms with Crippen LogP contribution in [0.4, 0.5) is 11.4 Å². The molecule has 3 aromatic carbocycles. The smallest absolute Gasteiger partial charge is 0.261 e. The molecule has 0 radical (unpaired) electrons. The number of fused-ring (bicyclic) bond motifs is 2. The molecule has 1 amide bonds. The first kappa shape index (κ1) is 22.6. The first-order valence-electron chi connectivity index (χ1n) is 11.3. The molecular formula is C26H23N5O3S. The topological polar surface area (TPSA) is 119 Å². The van der Waals surface area contributed by atoms with Crippen LogP contribution in [0.25, 0.3) is 11.0 Å². The summed E-state index contributed by atoms with van der Waals surface area (Å²) in [6.07, 6.45) is 4.05. The van der Waals surface area contributed by atoms with E-state index in [1.54, 1.807) is 35.2 Å². The van der Waals surface area contributed by atoms with Crippen molar-refractivity contribution in [3.63, 3.8) is 0 Å². The van der Waals surface area contributed by atoms with Crippen LogP contribution in [0.1, 0.15) is 29.5 Å². The van der Waals surface area contributed by atoms with Crippen LogP contribution in [0, 0.1) is 11.3 Å². The number of aromatic nitrogens is 2. The number of nitrogens with one attached hydrogen (secondary N) is 2. The fourth-order valence-electron chi connectivity index (χ4n) is 4.35. The molecule has 0 atom stereocenters. The molecule has 0 fully saturated rings. The second-order valence-electron chi connectivity index (χ2n) is 8.49. The average molecular weight is 486 g/mol. The van der Waals surface area contributed by atoms with Crippen LogP contribution in [0.5, 0.6) is 0 Å². The van der Waals surface area contributed by atoms with E-state index in [0.29, 0.717) is 41.7 Å². The van der Waals surface area contributed by atoms with Crippen LogP contribution >= 0.6 is 0 Å². The van der Waals surface area contributed by atoms with E-state index in [1.165, 1.54) is 12.4 Å². The maximum absolute atomic E-state index is 13.0. The Morgan fingerprint density at radius 1 is 1.11 bits per heavy atom. The lowest BCUT2D eigenvalue weighted by atomic mass is 10.00. The highest BCUT2D eigenvalue weighted by Crippen LogP contribution is 2.31. The van der Waals surface area contributed by atoms with Crippen LogP contribution in [-0.2, 0) is 27.7 Å². The monoisotopic (exact) mass is 485 g/mol. The molecule has 1 aromatic heterocycles. The van der Waals surface area contributed by atoms with Gasteiger partial charge in [0.2, 0.25) is 5.91 Å². The first-order valence-corrected chi connectivity index (χ1v) is 12.8. The molecule has 2 N–H and O–H groups in total. The highest BCUT2D eigenvalue weighted by molar-refractivity contribution is 7.92. The number of rotatable bonds is 6. The summed E-state index contributed by atoms with van der Waals surface area (Å²) >= 11 is 0. The van der Waals surface area contributed by atoms with Crippen molar-refractivity contribution < 1.29 is 13.2 Å². The Hall–Kier alpha value is -4.16. The van der Waals surface area contributed by atoms with Crippen molar-refractivity contribution >= 4 is 38.3 Å². The Labute approximate surface area is 203 Å². The lowest BCUT2D eigenvalue weighted by Crippen LogP contribution is -2.35. The van der Waals surface area contributed by atoms with Gasteiger partial charge < -0.3 is 9.88 Å². The normalized spacial score (nSPS) is 13.3. The number of anilines is 2. The molecular weight excluding hydrogens is 462 g/mol. The van der Waals surface area contributed by atoms with E-state index in [2.05, 4.69) is 20.8 Å². The van der Waals surface area contributed by atoms with Gasteiger partial charge in [-0.25, -0.2) is 13.4 Å². The number of hydrogen-bond acceptors (Lipinski definition) is 5.